The van der Waals surface area contributed by atoms with E-state index in [0.29, 0.717) is 12.1 Å². The van der Waals surface area contributed by atoms with Crippen LogP contribution in [0.4, 0.5) is 5.69 Å². The molecule has 2 amide bonds. The highest BCUT2D eigenvalue weighted by molar-refractivity contribution is 6.00. The lowest BCUT2D eigenvalue weighted by atomic mass is 10.1. The second-order valence-corrected chi connectivity index (χ2v) is 6.77. The molecule has 1 N–H and O–H groups in total. The molecule has 29 heavy (non-hydrogen) atoms. The summed E-state index contributed by atoms with van der Waals surface area (Å²) in [5.41, 5.74) is 5.65. The summed E-state index contributed by atoms with van der Waals surface area (Å²) in [5, 5.41) is 3.96. The van der Waals surface area contributed by atoms with Gasteiger partial charge in [-0.25, -0.2) is 10.2 Å². The van der Waals surface area contributed by atoms with Crippen molar-refractivity contribution in [2.45, 2.75) is 19.8 Å². The zero-order valence-electron chi connectivity index (χ0n) is 16.4. The summed E-state index contributed by atoms with van der Waals surface area (Å²) >= 11 is 0. The van der Waals surface area contributed by atoms with Crippen molar-refractivity contribution < 1.29 is 19.1 Å². The Hall–Kier alpha value is -3.48. The summed E-state index contributed by atoms with van der Waals surface area (Å²) in [4.78, 5) is 37.8. The molecule has 0 bridgehead atoms. The van der Waals surface area contributed by atoms with Crippen LogP contribution in [0.2, 0.25) is 0 Å². The number of esters is 1. The number of carbonyl (C=O) groups is 3. The van der Waals surface area contributed by atoms with Crippen LogP contribution in [0.25, 0.3) is 0 Å². The maximum Gasteiger partial charge on any atom is 0.337 e. The average Bonchev–Trinajstić information content (AvgIpc) is 3.15. The molecule has 0 unspecified atom stereocenters. The van der Waals surface area contributed by atoms with E-state index < -0.39 is 11.9 Å². The number of rotatable bonds is 6. The third-order valence-corrected chi connectivity index (χ3v) is 4.87. The van der Waals surface area contributed by atoms with E-state index in [4.69, 9.17) is 0 Å². The molecule has 1 saturated heterocycles. The first kappa shape index (κ1) is 20.3. The molecule has 0 radical (unpaired) electrons. The number of anilines is 1. The minimum Gasteiger partial charge on any atom is -0.465 e. The first-order valence-electron chi connectivity index (χ1n) is 9.42. The van der Waals surface area contributed by atoms with Crippen molar-refractivity contribution in [2.75, 3.05) is 18.6 Å². The summed E-state index contributed by atoms with van der Waals surface area (Å²) in [6.45, 7) is 2.41. The van der Waals surface area contributed by atoms with Crippen molar-refractivity contribution in [3.05, 3.63) is 65.2 Å². The van der Waals surface area contributed by atoms with Crippen LogP contribution < -0.4 is 10.3 Å². The molecule has 0 spiro atoms. The Morgan fingerprint density at radius 3 is 2.48 bits per heavy atom. The molecule has 1 heterocycles. The van der Waals surface area contributed by atoms with Crippen LogP contribution in [-0.4, -0.2) is 37.7 Å². The molecule has 1 aliphatic heterocycles. The van der Waals surface area contributed by atoms with Crippen molar-refractivity contribution in [3.8, 4) is 0 Å². The molecular formula is C22H23N3O4. The first-order chi connectivity index (χ1) is 14.0. The van der Waals surface area contributed by atoms with Gasteiger partial charge in [-0.2, -0.15) is 5.10 Å². The largest absolute Gasteiger partial charge is 0.465 e. The molecule has 0 saturated carbocycles. The number of hydrogen-bond acceptors (Lipinski definition) is 5. The van der Waals surface area contributed by atoms with E-state index in [-0.39, 0.29) is 18.2 Å². The second kappa shape index (κ2) is 9.14. The van der Waals surface area contributed by atoms with E-state index in [1.54, 1.807) is 29.2 Å². The summed E-state index contributed by atoms with van der Waals surface area (Å²) in [6.07, 6.45) is 2.57. The van der Waals surface area contributed by atoms with Gasteiger partial charge in [-0.05, 0) is 41.8 Å². The molecule has 7 nitrogen and oxygen atoms in total. The number of hydrazone groups is 1. The molecule has 150 valence electrons. The molecule has 0 aromatic heterocycles. The quantitative estimate of drug-likeness (QED) is 0.464. The van der Waals surface area contributed by atoms with Crippen LogP contribution in [0.5, 0.6) is 0 Å². The van der Waals surface area contributed by atoms with Crippen LogP contribution in [0.15, 0.2) is 53.6 Å². The smallest absolute Gasteiger partial charge is 0.337 e. The predicted octanol–water partition coefficient (Wildman–Crippen LogP) is 2.54. The van der Waals surface area contributed by atoms with Crippen LogP contribution in [-0.2, 0) is 20.7 Å². The van der Waals surface area contributed by atoms with Crippen molar-refractivity contribution >= 4 is 29.7 Å². The standard InChI is InChI=1S/C22H23N3O4/c1-3-15-6-10-19(11-7-15)25-14-18(12-20(25)26)21(27)24-23-13-16-4-8-17(9-5-16)22(28)29-2/h4-11,13,18H,3,12,14H2,1-2H3,(H,24,27)/b23-13-/t18-/m0/s1. The normalized spacial score (nSPS) is 16.3. The fourth-order valence-electron chi connectivity index (χ4n) is 3.13. The lowest BCUT2D eigenvalue weighted by molar-refractivity contribution is -0.126. The van der Waals surface area contributed by atoms with Crippen LogP contribution in [0, 0.1) is 5.92 Å². The maximum atomic E-state index is 12.4. The first-order valence-corrected chi connectivity index (χ1v) is 9.42. The number of carbonyl (C=O) groups excluding carboxylic acids is 3. The Labute approximate surface area is 169 Å². The van der Waals surface area contributed by atoms with Gasteiger partial charge in [0.05, 0.1) is 24.8 Å². The van der Waals surface area contributed by atoms with Crippen molar-refractivity contribution in [2.24, 2.45) is 11.0 Å². The Morgan fingerprint density at radius 2 is 1.86 bits per heavy atom. The van der Waals surface area contributed by atoms with Crippen LogP contribution >= 0.6 is 0 Å². The number of nitrogens with one attached hydrogen (secondary N) is 1. The van der Waals surface area contributed by atoms with E-state index in [9.17, 15) is 14.4 Å². The molecular weight excluding hydrogens is 370 g/mol. The molecule has 3 rings (SSSR count). The van der Waals surface area contributed by atoms with E-state index in [0.717, 1.165) is 17.7 Å². The molecule has 2 aromatic carbocycles. The minimum atomic E-state index is -0.452. The number of aryl methyl sites for hydroxylation is 1. The Kier molecular flexibility index (Phi) is 6.39. The lowest BCUT2D eigenvalue weighted by Gasteiger charge is -2.16. The van der Waals surface area contributed by atoms with Gasteiger partial charge in [0.15, 0.2) is 0 Å². The predicted molar refractivity (Wildman–Crippen MR) is 110 cm³/mol. The maximum absolute atomic E-state index is 12.4. The van der Waals surface area contributed by atoms with Gasteiger partial charge in [0.25, 0.3) is 0 Å². The van der Waals surface area contributed by atoms with Gasteiger partial charge in [-0.1, -0.05) is 31.2 Å². The molecule has 1 aliphatic rings. The number of amides is 2. The van der Waals surface area contributed by atoms with Gasteiger partial charge in [0.1, 0.15) is 0 Å². The average molecular weight is 393 g/mol. The Morgan fingerprint density at radius 1 is 1.17 bits per heavy atom. The van der Waals surface area contributed by atoms with Crippen LogP contribution in [0.3, 0.4) is 0 Å². The van der Waals surface area contributed by atoms with Crippen molar-refractivity contribution in [1.29, 1.82) is 0 Å². The molecule has 2 aromatic rings. The highest BCUT2D eigenvalue weighted by Gasteiger charge is 2.35. The van der Waals surface area contributed by atoms with E-state index in [1.807, 2.05) is 24.3 Å². The highest BCUT2D eigenvalue weighted by atomic mass is 16.5. The Bertz CT molecular complexity index is 920. The summed E-state index contributed by atoms with van der Waals surface area (Å²) in [7, 11) is 1.32. The summed E-state index contributed by atoms with van der Waals surface area (Å²) < 4.78 is 4.65. The van der Waals surface area contributed by atoms with Crippen LogP contribution in [0.1, 0.15) is 34.8 Å². The van der Waals surface area contributed by atoms with Crippen molar-refractivity contribution in [1.82, 2.24) is 5.43 Å². The number of ether oxygens (including phenoxy) is 1. The van der Waals surface area contributed by atoms with Crippen molar-refractivity contribution in [3.63, 3.8) is 0 Å². The Balaban J connectivity index is 1.56. The second-order valence-electron chi connectivity index (χ2n) is 6.77. The fourth-order valence-corrected chi connectivity index (χ4v) is 3.13. The van der Waals surface area contributed by atoms with E-state index in [1.165, 1.54) is 18.9 Å². The van der Waals surface area contributed by atoms with Gasteiger partial charge < -0.3 is 9.64 Å². The fraction of sp³-hybridized carbons (Fsp3) is 0.273. The van der Waals surface area contributed by atoms with Gasteiger partial charge in [0.2, 0.25) is 11.8 Å². The summed E-state index contributed by atoms with van der Waals surface area (Å²) in [6, 6.07) is 14.4. The molecule has 0 aliphatic carbocycles. The zero-order chi connectivity index (χ0) is 20.8. The third-order valence-electron chi connectivity index (χ3n) is 4.87. The number of methoxy groups -OCH3 is 1. The number of hydrogen-bond donors (Lipinski definition) is 1. The van der Waals surface area contributed by atoms with Gasteiger partial charge >= 0.3 is 5.97 Å². The SMILES string of the molecule is CCc1ccc(N2C[C@@H](C(=O)N/N=C\c3ccc(C(=O)OC)cc3)CC2=O)cc1. The van der Waals surface area contributed by atoms with Gasteiger partial charge in [0, 0.05) is 18.7 Å². The van der Waals surface area contributed by atoms with Gasteiger partial charge in [-0.3, -0.25) is 9.59 Å². The van der Waals surface area contributed by atoms with E-state index >= 15 is 0 Å². The minimum absolute atomic E-state index is 0.0724. The van der Waals surface area contributed by atoms with E-state index in [2.05, 4.69) is 22.2 Å². The lowest BCUT2D eigenvalue weighted by Crippen LogP contribution is -2.30. The number of nitrogens with zero attached hydrogens (tertiary/aromatic N) is 2. The zero-order valence-corrected chi connectivity index (χ0v) is 16.4. The molecule has 1 atom stereocenters. The highest BCUT2D eigenvalue weighted by Crippen LogP contribution is 2.25. The monoisotopic (exact) mass is 393 g/mol. The third kappa shape index (κ3) is 4.87. The van der Waals surface area contributed by atoms with Gasteiger partial charge in [-0.15, -0.1) is 0 Å². The topological polar surface area (TPSA) is 88.1 Å². The number of benzene rings is 2. The molecule has 1 fully saturated rings. The molecule has 7 heteroatoms. The summed E-state index contributed by atoms with van der Waals surface area (Å²) in [5.74, 6) is -1.24.